The molecule has 2 saturated heterocycles. The minimum atomic E-state index is -4.81. The van der Waals surface area contributed by atoms with Gasteiger partial charge in [0, 0.05) is 39.3 Å². The Morgan fingerprint density at radius 3 is 1.33 bits per heavy atom. The van der Waals surface area contributed by atoms with Gasteiger partial charge in [-0.25, -0.2) is 0 Å². The van der Waals surface area contributed by atoms with Crippen molar-refractivity contribution in [2.75, 3.05) is 39.3 Å². The van der Waals surface area contributed by atoms with E-state index in [0.717, 1.165) is 11.1 Å². The second-order valence-electron chi connectivity index (χ2n) is 11.8. The molecule has 2 N–H and O–H groups in total. The second-order valence-corrected chi connectivity index (χ2v) is 11.8. The maximum absolute atomic E-state index is 12.7. The van der Waals surface area contributed by atoms with E-state index in [0.29, 0.717) is 50.4 Å². The molecule has 0 aromatic heterocycles. The van der Waals surface area contributed by atoms with E-state index in [-0.39, 0.29) is 83.2 Å². The standard InChI is InChI=1S/2C15H17F3N2O2.2ClH/c2*1-8(2)9-5-10-11-7-19-3-4-20(11)14(21)13(10)12(6-9)22-15(16,17)18;;/h2*5-6,8,11,19H,3-4,7H2,1-2H3;2*1H/t2*11-;;/m10../s1. The van der Waals surface area contributed by atoms with Crippen molar-refractivity contribution < 1.29 is 45.4 Å². The highest BCUT2D eigenvalue weighted by Crippen LogP contribution is 2.44. The van der Waals surface area contributed by atoms with E-state index in [2.05, 4.69) is 20.1 Å². The highest BCUT2D eigenvalue weighted by Gasteiger charge is 2.44. The highest BCUT2D eigenvalue weighted by atomic mass is 35.5. The summed E-state index contributed by atoms with van der Waals surface area (Å²) < 4.78 is 84.4. The average molecular weight is 702 g/mol. The van der Waals surface area contributed by atoms with Crippen molar-refractivity contribution in [3.8, 4) is 11.5 Å². The minimum Gasteiger partial charge on any atom is -0.405 e. The summed E-state index contributed by atoms with van der Waals surface area (Å²) in [6, 6.07) is 5.90. The van der Waals surface area contributed by atoms with Crippen molar-refractivity contribution in [2.45, 2.75) is 64.3 Å². The molecule has 4 aliphatic heterocycles. The van der Waals surface area contributed by atoms with Crippen LogP contribution in [-0.2, 0) is 0 Å². The molecule has 2 amide bonds. The van der Waals surface area contributed by atoms with Gasteiger partial charge in [0.15, 0.2) is 0 Å². The number of alkyl halides is 6. The number of hydrogen-bond donors (Lipinski definition) is 2. The van der Waals surface area contributed by atoms with E-state index in [1.807, 2.05) is 39.8 Å². The van der Waals surface area contributed by atoms with Gasteiger partial charge < -0.3 is 29.9 Å². The molecule has 2 atom stereocenters. The Kier molecular flexibility index (Phi) is 11.5. The summed E-state index contributed by atoms with van der Waals surface area (Å²) in [5.74, 6) is -1.43. The fourth-order valence-electron chi connectivity index (χ4n) is 6.12. The van der Waals surface area contributed by atoms with Gasteiger partial charge in [-0.1, -0.05) is 39.8 Å². The topological polar surface area (TPSA) is 83.1 Å². The Labute approximate surface area is 275 Å². The molecule has 6 rings (SSSR count). The molecule has 4 heterocycles. The molecule has 2 fully saturated rings. The number of halogens is 8. The van der Waals surface area contributed by atoms with Crippen molar-refractivity contribution in [3.05, 3.63) is 57.6 Å². The molecule has 0 aliphatic carbocycles. The van der Waals surface area contributed by atoms with Crippen LogP contribution in [-0.4, -0.2) is 73.6 Å². The molecule has 2 aromatic carbocycles. The van der Waals surface area contributed by atoms with Crippen LogP contribution in [0.2, 0.25) is 0 Å². The number of carbonyl (C=O) groups excluding carboxylic acids is 2. The fraction of sp³-hybridized carbons (Fsp3) is 0.533. The van der Waals surface area contributed by atoms with Crippen molar-refractivity contribution in [1.82, 2.24) is 20.4 Å². The molecular formula is C30H36Cl2F6N4O4. The van der Waals surface area contributed by atoms with Gasteiger partial charge in [0.2, 0.25) is 0 Å². The Bertz CT molecular complexity index is 1350. The number of benzene rings is 2. The maximum atomic E-state index is 12.7. The van der Waals surface area contributed by atoms with E-state index in [1.54, 1.807) is 9.80 Å². The predicted molar refractivity (Wildman–Crippen MR) is 162 cm³/mol. The highest BCUT2D eigenvalue weighted by molar-refractivity contribution is 6.03. The minimum absolute atomic E-state index is 0. The van der Waals surface area contributed by atoms with E-state index in [9.17, 15) is 35.9 Å². The third kappa shape index (κ3) is 7.61. The van der Waals surface area contributed by atoms with Gasteiger partial charge in [0.1, 0.15) is 11.5 Å². The molecule has 2 aromatic rings. The lowest BCUT2D eigenvalue weighted by Gasteiger charge is -2.30. The number of nitrogens with one attached hydrogen (secondary N) is 2. The van der Waals surface area contributed by atoms with E-state index in [1.165, 1.54) is 12.1 Å². The van der Waals surface area contributed by atoms with Gasteiger partial charge in [-0.3, -0.25) is 9.59 Å². The number of rotatable bonds is 4. The number of ether oxygens (including phenoxy) is 2. The van der Waals surface area contributed by atoms with E-state index >= 15 is 0 Å². The zero-order valence-electron chi connectivity index (χ0n) is 25.5. The molecule has 256 valence electrons. The number of hydrogen-bond acceptors (Lipinski definition) is 6. The monoisotopic (exact) mass is 700 g/mol. The van der Waals surface area contributed by atoms with Gasteiger partial charge in [0.05, 0.1) is 23.2 Å². The van der Waals surface area contributed by atoms with E-state index < -0.39 is 12.7 Å². The molecule has 46 heavy (non-hydrogen) atoms. The van der Waals surface area contributed by atoms with Crippen LogP contribution < -0.4 is 20.1 Å². The first-order valence-corrected chi connectivity index (χ1v) is 14.5. The lowest BCUT2D eigenvalue weighted by Crippen LogP contribution is -2.44. The summed E-state index contributed by atoms with van der Waals surface area (Å²) >= 11 is 0. The van der Waals surface area contributed by atoms with Crippen LogP contribution in [0, 0.1) is 0 Å². The first kappa shape index (κ1) is 37.5. The molecule has 16 heteroatoms. The normalized spacial score (nSPS) is 20.2. The van der Waals surface area contributed by atoms with Gasteiger partial charge in [-0.2, -0.15) is 0 Å². The van der Waals surface area contributed by atoms with Crippen LogP contribution in [0.15, 0.2) is 24.3 Å². The molecular weight excluding hydrogens is 665 g/mol. The van der Waals surface area contributed by atoms with Crippen LogP contribution in [0.25, 0.3) is 0 Å². The summed E-state index contributed by atoms with van der Waals surface area (Å²) in [6.07, 6.45) is -9.63. The van der Waals surface area contributed by atoms with Gasteiger partial charge in [-0.05, 0) is 46.2 Å². The molecule has 0 radical (unpaired) electrons. The van der Waals surface area contributed by atoms with Crippen LogP contribution in [0.4, 0.5) is 26.3 Å². The number of carbonyl (C=O) groups is 2. The lowest BCUT2D eigenvalue weighted by molar-refractivity contribution is -0.275. The van der Waals surface area contributed by atoms with Crippen LogP contribution in [0.5, 0.6) is 11.5 Å². The van der Waals surface area contributed by atoms with Gasteiger partial charge in [0.25, 0.3) is 11.8 Å². The maximum Gasteiger partial charge on any atom is 0.573 e. The van der Waals surface area contributed by atoms with Crippen molar-refractivity contribution in [1.29, 1.82) is 0 Å². The number of piperazine rings is 2. The molecule has 0 unspecified atom stereocenters. The number of fused-ring (bicyclic) bond motifs is 6. The first-order chi connectivity index (χ1) is 20.6. The summed E-state index contributed by atoms with van der Waals surface area (Å²) in [7, 11) is 0. The summed E-state index contributed by atoms with van der Waals surface area (Å²) in [5.41, 5.74) is 2.83. The van der Waals surface area contributed by atoms with Crippen LogP contribution in [0.1, 0.15) is 94.6 Å². The third-order valence-corrected chi connectivity index (χ3v) is 8.25. The van der Waals surface area contributed by atoms with E-state index in [4.69, 9.17) is 0 Å². The lowest BCUT2D eigenvalue weighted by atomic mass is 9.94. The second kappa shape index (κ2) is 14.0. The summed E-state index contributed by atoms with van der Waals surface area (Å²) in [5, 5.41) is 6.35. The molecule has 8 nitrogen and oxygen atoms in total. The third-order valence-electron chi connectivity index (χ3n) is 8.25. The number of nitrogens with zero attached hydrogens (tertiary/aromatic N) is 2. The SMILES string of the molecule is CC(C)c1cc(OC(F)(F)F)c2c(c1)[C@@H]1CNCCN1C2=O.CC(C)c1cc(OC(F)(F)F)c2c(c1)[C@H]1CNCCN1C2=O.Cl.Cl. The molecule has 0 saturated carbocycles. The molecule has 4 aliphatic rings. The van der Waals surface area contributed by atoms with Crippen LogP contribution in [0.3, 0.4) is 0 Å². The smallest absolute Gasteiger partial charge is 0.405 e. The average Bonchev–Trinajstić information content (AvgIpc) is 3.39. The largest absolute Gasteiger partial charge is 0.573 e. The summed E-state index contributed by atoms with van der Waals surface area (Å²) in [4.78, 5) is 28.2. The Morgan fingerprint density at radius 1 is 0.674 bits per heavy atom. The van der Waals surface area contributed by atoms with Gasteiger partial charge >= 0.3 is 12.7 Å². The predicted octanol–water partition coefficient (Wildman–Crippen LogP) is 6.46. The Hall–Kier alpha value is -2.94. The Morgan fingerprint density at radius 2 is 1.02 bits per heavy atom. The zero-order valence-corrected chi connectivity index (χ0v) is 27.1. The molecule has 0 spiro atoms. The molecule has 0 bridgehead atoms. The van der Waals surface area contributed by atoms with Crippen molar-refractivity contribution in [3.63, 3.8) is 0 Å². The summed E-state index contributed by atoms with van der Waals surface area (Å²) in [6.45, 7) is 10.9. The first-order valence-electron chi connectivity index (χ1n) is 14.5. The fourth-order valence-corrected chi connectivity index (χ4v) is 6.12. The number of amides is 2. The Balaban J connectivity index is 0.000000240. The quantitative estimate of drug-likeness (QED) is 0.357. The van der Waals surface area contributed by atoms with Gasteiger partial charge in [-0.15, -0.1) is 51.2 Å². The van der Waals surface area contributed by atoms with Crippen LogP contribution >= 0.6 is 24.8 Å². The van der Waals surface area contributed by atoms with Crippen molar-refractivity contribution >= 4 is 36.6 Å². The van der Waals surface area contributed by atoms with Crippen molar-refractivity contribution in [2.24, 2.45) is 0 Å². The zero-order chi connectivity index (χ0) is 32.1.